The summed E-state index contributed by atoms with van der Waals surface area (Å²) in [6.07, 6.45) is 6.63. The predicted molar refractivity (Wildman–Crippen MR) is 64.6 cm³/mol. The van der Waals surface area contributed by atoms with E-state index in [0.717, 1.165) is 32.9 Å². The summed E-state index contributed by atoms with van der Waals surface area (Å²) in [6, 6.07) is 0. The second-order valence-corrected chi connectivity index (χ2v) is 5.23. The first-order valence-electron chi connectivity index (χ1n) is 6.75. The van der Waals surface area contributed by atoms with Gasteiger partial charge in [-0.1, -0.05) is 6.92 Å². The molecule has 2 fully saturated rings. The van der Waals surface area contributed by atoms with Crippen molar-refractivity contribution in [3.63, 3.8) is 0 Å². The molecule has 1 unspecified atom stereocenters. The third kappa shape index (κ3) is 3.19. The van der Waals surface area contributed by atoms with E-state index < -0.39 is 0 Å². The standard InChI is InChI=1S/C13H25NO2/c1-2-14-11-13(5-8-15-9-6-13)10-12-4-3-7-16-12/h12,14H,2-11H2,1H3. The van der Waals surface area contributed by atoms with Gasteiger partial charge in [-0.15, -0.1) is 0 Å². The molecule has 0 aromatic carbocycles. The fraction of sp³-hybridized carbons (Fsp3) is 1.00. The van der Waals surface area contributed by atoms with E-state index in [0.29, 0.717) is 11.5 Å². The first-order valence-corrected chi connectivity index (χ1v) is 6.75. The van der Waals surface area contributed by atoms with E-state index in [1.165, 1.54) is 32.1 Å². The van der Waals surface area contributed by atoms with Crippen LogP contribution in [0.2, 0.25) is 0 Å². The lowest BCUT2D eigenvalue weighted by molar-refractivity contribution is -0.0188. The maximum atomic E-state index is 5.79. The molecule has 0 bridgehead atoms. The van der Waals surface area contributed by atoms with Crippen molar-refractivity contribution < 1.29 is 9.47 Å². The van der Waals surface area contributed by atoms with E-state index in [1.807, 2.05) is 0 Å². The highest BCUT2D eigenvalue weighted by molar-refractivity contribution is 4.87. The van der Waals surface area contributed by atoms with Crippen LogP contribution in [0.3, 0.4) is 0 Å². The molecule has 94 valence electrons. The molecule has 1 atom stereocenters. The van der Waals surface area contributed by atoms with Gasteiger partial charge in [-0.25, -0.2) is 0 Å². The lowest BCUT2D eigenvalue weighted by Crippen LogP contribution is -2.41. The summed E-state index contributed by atoms with van der Waals surface area (Å²) >= 11 is 0. The summed E-state index contributed by atoms with van der Waals surface area (Å²) in [7, 11) is 0. The van der Waals surface area contributed by atoms with Gasteiger partial charge in [-0.3, -0.25) is 0 Å². The smallest absolute Gasteiger partial charge is 0.0581 e. The normalized spacial score (nSPS) is 29.4. The summed E-state index contributed by atoms with van der Waals surface area (Å²) in [4.78, 5) is 0. The van der Waals surface area contributed by atoms with Crippen LogP contribution in [0.1, 0.15) is 39.0 Å². The third-order valence-electron chi connectivity index (χ3n) is 3.99. The maximum Gasteiger partial charge on any atom is 0.0581 e. The van der Waals surface area contributed by atoms with Gasteiger partial charge in [0.25, 0.3) is 0 Å². The molecule has 2 aliphatic heterocycles. The minimum absolute atomic E-state index is 0.434. The Bertz CT molecular complexity index is 196. The molecule has 0 saturated carbocycles. The van der Waals surface area contributed by atoms with Crippen molar-refractivity contribution in [2.45, 2.75) is 45.1 Å². The van der Waals surface area contributed by atoms with E-state index in [1.54, 1.807) is 0 Å². The van der Waals surface area contributed by atoms with Gasteiger partial charge in [0.15, 0.2) is 0 Å². The molecule has 1 N–H and O–H groups in total. The van der Waals surface area contributed by atoms with Crippen LogP contribution >= 0.6 is 0 Å². The third-order valence-corrected chi connectivity index (χ3v) is 3.99. The van der Waals surface area contributed by atoms with Gasteiger partial charge in [-0.05, 0) is 44.1 Å². The average Bonchev–Trinajstić information content (AvgIpc) is 2.80. The molecule has 0 aliphatic carbocycles. The van der Waals surface area contributed by atoms with Crippen LogP contribution in [0, 0.1) is 5.41 Å². The molecule has 0 radical (unpaired) electrons. The van der Waals surface area contributed by atoms with Crippen molar-refractivity contribution in [2.75, 3.05) is 32.9 Å². The SMILES string of the molecule is CCNCC1(CC2CCCO2)CCOCC1. The Labute approximate surface area is 98.9 Å². The molecule has 0 aromatic heterocycles. The Balaban J connectivity index is 1.89. The van der Waals surface area contributed by atoms with E-state index >= 15 is 0 Å². The van der Waals surface area contributed by atoms with Crippen molar-refractivity contribution in [2.24, 2.45) is 5.41 Å². The van der Waals surface area contributed by atoms with Crippen molar-refractivity contribution >= 4 is 0 Å². The Hall–Kier alpha value is -0.120. The number of ether oxygens (including phenoxy) is 2. The highest BCUT2D eigenvalue weighted by Gasteiger charge is 2.35. The lowest BCUT2D eigenvalue weighted by Gasteiger charge is -2.39. The van der Waals surface area contributed by atoms with Crippen molar-refractivity contribution in [1.82, 2.24) is 5.32 Å². The van der Waals surface area contributed by atoms with Gasteiger partial charge in [0, 0.05) is 26.4 Å². The van der Waals surface area contributed by atoms with Crippen LogP contribution in [-0.2, 0) is 9.47 Å². The second-order valence-electron chi connectivity index (χ2n) is 5.23. The Morgan fingerprint density at radius 3 is 2.69 bits per heavy atom. The predicted octanol–water partition coefficient (Wildman–Crippen LogP) is 1.96. The van der Waals surface area contributed by atoms with Gasteiger partial charge in [-0.2, -0.15) is 0 Å². The molecule has 0 aromatic rings. The lowest BCUT2D eigenvalue weighted by atomic mass is 9.75. The summed E-state index contributed by atoms with van der Waals surface area (Å²) in [5.41, 5.74) is 0.434. The van der Waals surface area contributed by atoms with E-state index in [-0.39, 0.29) is 0 Å². The molecular formula is C13H25NO2. The Kier molecular flexibility index (Phi) is 4.62. The summed E-state index contributed by atoms with van der Waals surface area (Å²) in [5.74, 6) is 0. The van der Waals surface area contributed by atoms with Crippen LogP contribution < -0.4 is 5.32 Å². The Morgan fingerprint density at radius 2 is 2.06 bits per heavy atom. The van der Waals surface area contributed by atoms with Crippen LogP contribution in [0.4, 0.5) is 0 Å². The van der Waals surface area contributed by atoms with Crippen LogP contribution in [0.5, 0.6) is 0 Å². The molecule has 2 aliphatic rings. The largest absolute Gasteiger partial charge is 0.381 e. The zero-order valence-electron chi connectivity index (χ0n) is 10.5. The zero-order valence-corrected chi connectivity index (χ0v) is 10.5. The van der Waals surface area contributed by atoms with E-state index in [9.17, 15) is 0 Å². The Morgan fingerprint density at radius 1 is 1.25 bits per heavy atom. The molecule has 0 amide bonds. The van der Waals surface area contributed by atoms with Crippen LogP contribution in [0.15, 0.2) is 0 Å². The minimum atomic E-state index is 0.434. The van der Waals surface area contributed by atoms with Gasteiger partial charge in [0.05, 0.1) is 6.10 Å². The topological polar surface area (TPSA) is 30.5 Å². The number of hydrogen-bond acceptors (Lipinski definition) is 3. The van der Waals surface area contributed by atoms with Gasteiger partial charge in [0.2, 0.25) is 0 Å². The van der Waals surface area contributed by atoms with Gasteiger partial charge >= 0.3 is 0 Å². The first kappa shape index (κ1) is 12.3. The van der Waals surface area contributed by atoms with E-state index in [4.69, 9.17) is 9.47 Å². The molecule has 3 heteroatoms. The quantitative estimate of drug-likeness (QED) is 0.779. The fourth-order valence-corrected chi connectivity index (χ4v) is 2.94. The van der Waals surface area contributed by atoms with Crippen LogP contribution in [-0.4, -0.2) is 39.0 Å². The molecule has 2 heterocycles. The van der Waals surface area contributed by atoms with Gasteiger partial charge < -0.3 is 14.8 Å². The number of hydrogen-bond donors (Lipinski definition) is 1. The molecule has 3 nitrogen and oxygen atoms in total. The van der Waals surface area contributed by atoms with Gasteiger partial charge in [0.1, 0.15) is 0 Å². The summed E-state index contributed by atoms with van der Waals surface area (Å²) < 4.78 is 11.3. The van der Waals surface area contributed by atoms with E-state index in [2.05, 4.69) is 12.2 Å². The molecule has 2 saturated heterocycles. The average molecular weight is 227 g/mol. The summed E-state index contributed by atoms with van der Waals surface area (Å²) in [6.45, 7) is 7.20. The highest BCUT2D eigenvalue weighted by atomic mass is 16.5. The van der Waals surface area contributed by atoms with Crippen molar-refractivity contribution in [1.29, 1.82) is 0 Å². The zero-order chi connectivity index (χ0) is 11.3. The summed E-state index contributed by atoms with van der Waals surface area (Å²) in [5, 5.41) is 3.52. The molecule has 16 heavy (non-hydrogen) atoms. The van der Waals surface area contributed by atoms with Crippen LogP contribution in [0.25, 0.3) is 0 Å². The fourth-order valence-electron chi connectivity index (χ4n) is 2.94. The molecular weight excluding hydrogens is 202 g/mol. The number of nitrogens with one attached hydrogen (secondary N) is 1. The molecule has 0 spiro atoms. The van der Waals surface area contributed by atoms with Crippen molar-refractivity contribution in [3.8, 4) is 0 Å². The molecule has 2 rings (SSSR count). The minimum Gasteiger partial charge on any atom is -0.381 e. The first-order chi connectivity index (χ1) is 7.85. The van der Waals surface area contributed by atoms with Crippen molar-refractivity contribution in [3.05, 3.63) is 0 Å². The number of rotatable bonds is 5. The maximum absolute atomic E-state index is 5.79. The monoisotopic (exact) mass is 227 g/mol. The second kappa shape index (κ2) is 5.99. The highest BCUT2D eigenvalue weighted by Crippen LogP contribution is 2.37.